The van der Waals surface area contributed by atoms with E-state index in [9.17, 15) is 9.59 Å². The highest BCUT2D eigenvalue weighted by Gasteiger charge is 2.25. The van der Waals surface area contributed by atoms with Gasteiger partial charge in [-0.1, -0.05) is 0 Å². The van der Waals surface area contributed by atoms with Crippen LogP contribution in [0.15, 0.2) is 30.5 Å². The van der Waals surface area contributed by atoms with Crippen molar-refractivity contribution >= 4 is 28.4 Å². The van der Waals surface area contributed by atoms with E-state index < -0.39 is 0 Å². The van der Waals surface area contributed by atoms with Crippen LogP contribution in [0.2, 0.25) is 0 Å². The number of fused-ring (bicyclic) bond motifs is 1. The van der Waals surface area contributed by atoms with E-state index in [1.165, 1.54) is 0 Å². The second kappa shape index (κ2) is 5.60. The predicted octanol–water partition coefficient (Wildman–Crippen LogP) is 2.36. The number of hydrogen-bond donors (Lipinski definition) is 2. The number of anilines is 1. The van der Waals surface area contributed by atoms with E-state index in [0.29, 0.717) is 13.1 Å². The van der Waals surface area contributed by atoms with Gasteiger partial charge in [0, 0.05) is 48.7 Å². The first kappa shape index (κ1) is 13.7. The van der Waals surface area contributed by atoms with Gasteiger partial charge in [0.1, 0.15) is 0 Å². The minimum atomic E-state index is -0.0116. The van der Waals surface area contributed by atoms with Gasteiger partial charge < -0.3 is 15.2 Å². The van der Waals surface area contributed by atoms with Crippen molar-refractivity contribution in [2.24, 2.45) is 5.92 Å². The number of likely N-dealkylation sites (tertiary alicyclic amines) is 1. The lowest BCUT2D eigenvalue weighted by Crippen LogP contribution is -2.40. The van der Waals surface area contributed by atoms with Crippen molar-refractivity contribution in [1.82, 2.24) is 9.88 Å². The summed E-state index contributed by atoms with van der Waals surface area (Å²) in [7, 11) is 0. The molecule has 1 saturated heterocycles. The summed E-state index contributed by atoms with van der Waals surface area (Å²) >= 11 is 0. The molecule has 3 rings (SSSR count). The second-order valence-corrected chi connectivity index (χ2v) is 5.55. The number of nitrogens with one attached hydrogen (secondary N) is 2. The number of H-pyrrole nitrogens is 1. The first-order valence-corrected chi connectivity index (χ1v) is 7.27. The van der Waals surface area contributed by atoms with Crippen LogP contribution in [0.25, 0.3) is 10.9 Å². The van der Waals surface area contributed by atoms with E-state index >= 15 is 0 Å². The molecular weight excluding hydrogens is 266 g/mol. The van der Waals surface area contributed by atoms with Crippen LogP contribution in [-0.2, 0) is 9.59 Å². The molecule has 2 aromatic rings. The summed E-state index contributed by atoms with van der Waals surface area (Å²) in [6.45, 7) is 2.92. The summed E-state index contributed by atoms with van der Waals surface area (Å²) < 4.78 is 0. The van der Waals surface area contributed by atoms with Gasteiger partial charge in [-0.3, -0.25) is 9.59 Å². The van der Waals surface area contributed by atoms with E-state index in [-0.39, 0.29) is 17.7 Å². The van der Waals surface area contributed by atoms with Crippen molar-refractivity contribution in [3.63, 3.8) is 0 Å². The highest BCUT2D eigenvalue weighted by molar-refractivity contribution is 5.95. The average Bonchev–Trinajstić information content (AvgIpc) is 2.95. The number of aromatic amines is 1. The Kier molecular flexibility index (Phi) is 3.64. The Morgan fingerprint density at radius 1 is 1.24 bits per heavy atom. The zero-order valence-corrected chi connectivity index (χ0v) is 12.1. The smallest absolute Gasteiger partial charge is 0.227 e. The third-order valence-corrected chi connectivity index (χ3v) is 4.13. The topological polar surface area (TPSA) is 65.2 Å². The molecule has 5 heteroatoms. The summed E-state index contributed by atoms with van der Waals surface area (Å²) in [6, 6.07) is 7.81. The van der Waals surface area contributed by atoms with Gasteiger partial charge >= 0.3 is 0 Å². The Hall–Kier alpha value is -2.30. The molecule has 2 N–H and O–H groups in total. The number of piperidine rings is 1. The minimum absolute atomic E-state index is 0.0116. The number of amides is 2. The predicted molar refractivity (Wildman–Crippen MR) is 81.9 cm³/mol. The number of hydrogen-bond acceptors (Lipinski definition) is 2. The standard InChI is InChI=1S/C16H19N3O2/c1-11(20)19-8-5-12(6-9-19)16(21)18-14-2-3-15-13(10-14)4-7-17-15/h2-4,7,10,12,17H,5-6,8-9H2,1H3,(H,18,21). The molecule has 0 radical (unpaired) electrons. The van der Waals surface area contributed by atoms with Crippen LogP contribution in [0.1, 0.15) is 19.8 Å². The minimum Gasteiger partial charge on any atom is -0.361 e. The SMILES string of the molecule is CC(=O)N1CCC(C(=O)Nc2ccc3[nH]ccc3c2)CC1. The molecule has 0 bridgehead atoms. The van der Waals surface area contributed by atoms with Gasteiger partial charge in [-0.05, 0) is 37.1 Å². The van der Waals surface area contributed by atoms with Gasteiger partial charge in [0.15, 0.2) is 0 Å². The van der Waals surface area contributed by atoms with Crippen LogP contribution >= 0.6 is 0 Å². The number of carbonyl (C=O) groups is 2. The fourth-order valence-corrected chi connectivity index (χ4v) is 2.83. The number of nitrogens with zero attached hydrogens (tertiary/aromatic N) is 1. The molecule has 1 aliphatic rings. The quantitative estimate of drug-likeness (QED) is 0.889. The molecule has 1 aromatic heterocycles. The Morgan fingerprint density at radius 3 is 2.71 bits per heavy atom. The molecule has 21 heavy (non-hydrogen) atoms. The van der Waals surface area contributed by atoms with Gasteiger partial charge in [-0.25, -0.2) is 0 Å². The molecule has 0 aliphatic carbocycles. The fraction of sp³-hybridized carbons (Fsp3) is 0.375. The van der Waals surface area contributed by atoms with Crippen LogP contribution in [0, 0.1) is 5.92 Å². The van der Waals surface area contributed by atoms with Crippen LogP contribution in [0.5, 0.6) is 0 Å². The zero-order valence-electron chi connectivity index (χ0n) is 12.1. The number of rotatable bonds is 2. The van der Waals surface area contributed by atoms with Gasteiger partial charge in [0.05, 0.1) is 0 Å². The Bertz CT molecular complexity index is 669. The lowest BCUT2D eigenvalue weighted by Gasteiger charge is -2.30. The molecule has 5 nitrogen and oxygen atoms in total. The maximum atomic E-state index is 12.3. The molecule has 0 saturated carbocycles. The molecule has 110 valence electrons. The largest absolute Gasteiger partial charge is 0.361 e. The van der Waals surface area contributed by atoms with E-state index in [4.69, 9.17) is 0 Å². The molecule has 1 aliphatic heterocycles. The second-order valence-electron chi connectivity index (χ2n) is 5.55. The van der Waals surface area contributed by atoms with Gasteiger partial charge in [0.2, 0.25) is 11.8 Å². The van der Waals surface area contributed by atoms with Crippen molar-refractivity contribution in [1.29, 1.82) is 0 Å². The maximum absolute atomic E-state index is 12.3. The highest BCUT2D eigenvalue weighted by atomic mass is 16.2. The normalized spacial score (nSPS) is 16.1. The average molecular weight is 285 g/mol. The summed E-state index contributed by atoms with van der Waals surface area (Å²) in [5, 5.41) is 4.06. The Balaban J connectivity index is 1.62. The van der Waals surface area contributed by atoms with Crippen molar-refractivity contribution in [3.8, 4) is 0 Å². The third kappa shape index (κ3) is 2.91. The third-order valence-electron chi connectivity index (χ3n) is 4.13. The molecule has 0 atom stereocenters. The molecule has 0 unspecified atom stereocenters. The summed E-state index contributed by atoms with van der Waals surface area (Å²) in [5.74, 6) is 0.127. The van der Waals surface area contributed by atoms with Crippen molar-refractivity contribution < 1.29 is 9.59 Å². The lowest BCUT2D eigenvalue weighted by molar-refractivity contribution is -0.132. The van der Waals surface area contributed by atoms with Crippen LogP contribution in [0.4, 0.5) is 5.69 Å². The summed E-state index contributed by atoms with van der Waals surface area (Å²) in [4.78, 5) is 28.5. The monoisotopic (exact) mass is 285 g/mol. The van der Waals surface area contributed by atoms with Crippen LogP contribution in [0.3, 0.4) is 0 Å². The summed E-state index contributed by atoms with van der Waals surface area (Å²) in [6.07, 6.45) is 3.35. The molecule has 2 heterocycles. The number of carbonyl (C=O) groups excluding carboxylic acids is 2. The van der Waals surface area contributed by atoms with E-state index in [2.05, 4.69) is 10.3 Å². The van der Waals surface area contributed by atoms with Crippen molar-refractivity contribution in [2.45, 2.75) is 19.8 Å². The van der Waals surface area contributed by atoms with Gasteiger partial charge in [0.25, 0.3) is 0 Å². The molecule has 0 spiro atoms. The van der Waals surface area contributed by atoms with E-state index in [1.54, 1.807) is 11.8 Å². The Morgan fingerprint density at radius 2 is 2.00 bits per heavy atom. The molecule has 1 aromatic carbocycles. The maximum Gasteiger partial charge on any atom is 0.227 e. The first-order valence-electron chi connectivity index (χ1n) is 7.27. The van der Waals surface area contributed by atoms with Gasteiger partial charge in [-0.2, -0.15) is 0 Å². The Labute approximate surface area is 123 Å². The molecule has 2 amide bonds. The highest BCUT2D eigenvalue weighted by Crippen LogP contribution is 2.22. The van der Waals surface area contributed by atoms with E-state index in [0.717, 1.165) is 29.4 Å². The van der Waals surface area contributed by atoms with Crippen LogP contribution in [-0.4, -0.2) is 34.8 Å². The van der Waals surface area contributed by atoms with Crippen molar-refractivity contribution in [2.75, 3.05) is 18.4 Å². The lowest BCUT2D eigenvalue weighted by atomic mass is 9.96. The molecule has 1 fully saturated rings. The summed E-state index contributed by atoms with van der Waals surface area (Å²) in [5.41, 5.74) is 1.88. The van der Waals surface area contributed by atoms with Gasteiger partial charge in [-0.15, -0.1) is 0 Å². The number of benzene rings is 1. The zero-order chi connectivity index (χ0) is 14.8. The van der Waals surface area contributed by atoms with Crippen molar-refractivity contribution in [3.05, 3.63) is 30.5 Å². The van der Waals surface area contributed by atoms with E-state index in [1.807, 2.05) is 30.5 Å². The van der Waals surface area contributed by atoms with Crippen LogP contribution < -0.4 is 5.32 Å². The number of aromatic nitrogens is 1. The molecular formula is C16H19N3O2. The first-order chi connectivity index (χ1) is 10.1. The fourth-order valence-electron chi connectivity index (χ4n) is 2.83.